The van der Waals surface area contributed by atoms with Gasteiger partial charge in [-0.25, -0.2) is 13.1 Å². The van der Waals surface area contributed by atoms with Gasteiger partial charge in [0.05, 0.1) is 36.3 Å². The molecule has 0 saturated carbocycles. The van der Waals surface area contributed by atoms with Crippen molar-refractivity contribution in [1.82, 2.24) is 9.29 Å². The molecule has 37 heavy (non-hydrogen) atoms. The van der Waals surface area contributed by atoms with Crippen molar-refractivity contribution in [1.29, 1.82) is 0 Å². The fourth-order valence-electron chi connectivity index (χ4n) is 4.84. The van der Waals surface area contributed by atoms with E-state index >= 15 is 0 Å². The molecular weight excluding hydrogens is 509 g/mol. The predicted molar refractivity (Wildman–Crippen MR) is 132 cm³/mol. The molecule has 7 nitrogen and oxygen atoms in total. The molecule has 0 radical (unpaired) electrons. The lowest BCUT2D eigenvalue weighted by Gasteiger charge is -2.36. The number of nitrogens with zero attached hydrogens (tertiary/aromatic N) is 1. The largest absolute Gasteiger partial charge is 0.573 e. The van der Waals surface area contributed by atoms with Gasteiger partial charge in [-0.3, -0.25) is 0 Å². The fraction of sp³-hybridized carbons (Fsp3) is 0.308. The number of hydrogen-bond donors (Lipinski definition) is 2. The first-order chi connectivity index (χ1) is 17.4. The average molecular weight is 535 g/mol. The van der Waals surface area contributed by atoms with Crippen molar-refractivity contribution in [3.05, 3.63) is 71.8 Å². The van der Waals surface area contributed by atoms with Crippen LogP contribution in [0.4, 0.5) is 13.2 Å². The summed E-state index contributed by atoms with van der Waals surface area (Å²) in [5.74, 6) is -0.538. The summed E-state index contributed by atoms with van der Waals surface area (Å²) in [6.07, 6.45) is -6.03. The van der Waals surface area contributed by atoms with Crippen molar-refractivity contribution in [2.45, 2.75) is 43.3 Å². The molecule has 3 atom stereocenters. The number of aliphatic hydroxyl groups is 1. The smallest absolute Gasteiger partial charge is 0.406 e. The van der Waals surface area contributed by atoms with Gasteiger partial charge < -0.3 is 19.1 Å². The van der Waals surface area contributed by atoms with Crippen LogP contribution in [0.25, 0.3) is 21.8 Å². The van der Waals surface area contributed by atoms with Crippen LogP contribution in [-0.4, -0.2) is 49.8 Å². The van der Waals surface area contributed by atoms with Crippen LogP contribution in [0.15, 0.2) is 65.6 Å². The van der Waals surface area contributed by atoms with Gasteiger partial charge in [-0.15, -0.1) is 13.2 Å². The van der Waals surface area contributed by atoms with Crippen molar-refractivity contribution >= 4 is 31.8 Å². The van der Waals surface area contributed by atoms with E-state index < -0.39 is 40.3 Å². The Balaban J connectivity index is 1.45. The number of rotatable bonds is 5. The second kappa shape index (κ2) is 9.32. The predicted octanol–water partition coefficient (Wildman–Crippen LogP) is 4.59. The molecule has 196 valence electrons. The molecule has 0 bridgehead atoms. The van der Waals surface area contributed by atoms with Gasteiger partial charge in [0, 0.05) is 21.8 Å². The molecule has 5 rings (SSSR count). The highest BCUT2D eigenvalue weighted by Crippen LogP contribution is 2.36. The average Bonchev–Trinajstić information content (AvgIpc) is 3.12. The van der Waals surface area contributed by atoms with E-state index in [0.29, 0.717) is 0 Å². The van der Waals surface area contributed by atoms with Gasteiger partial charge in [0.2, 0.25) is 10.0 Å². The number of aryl methyl sites for hydroxylation is 2. The van der Waals surface area contributed by atoms with Crippen LogP contribution in [-0.2, 0) is 14.8 Å². The summed E-state index contributed by atoms with van der Waals surface area (Å²) in [4.78, 5) is -0.265. The highest BCUT2D eigenvalue weighted by atomic mass is 32.2. The Bertz CT molecular complexity index is 1510. The molecule has 11 heteroatoms. The van der Waals surface area contributed by atoms with Gasteiger partial charge in [-0.2, -0.15) is 0 Å². The zero-order chi connectivity index (χ0) is 26.5. The number of hydrogen-bond acceptors (Lipinski definition) is 5. The van der Waals surface area contributed by atoms with Crippen LogP contribution in [0.1, 0.15) is 17.2 Å². The van der Waals surface area contributed by atoms with E-state index in [4.69, 9.17) is 4.74 Å². The van der Waals surface area contributed by atoms with E-state index in [1.165, 1.54) is 0 Å². The zero-order valence-corrected chi connectivity index (χ0v) is 20.8. The molecule has 3 aromatic carbocycles. The van der Waals surface area contributed by atoms with Gasteiger partial charge in [0.25, 0.3) is 0 Å². The molecule has 2 N–H and O–H groups in total. The molecule has 1 aliphatic rings. The summed E-state index contributed by atoms with van der Waals surface area (Å²) < 4.78 is 77.2. The Morgan fingerprint density at radius 3 is 2.05 bits per heavy atom. The molecule has 4 aromatic rings. The number of benzene rings is 3. The summed E-state index contributed by atoms with van der Waals surface area (Å²) in [7, 11) is -4.18. The molecule has 0 unspecified atom stereocenters. The number of sulfonamides is 1. The van der Waals surface area contributed by atoms with Crippen LogP contribution in [0, 0.1) is 13.8 Å². The van der Waals surface area contributed by atoms with E-state index in [2.05, 4.69) is 21.6 Å². The third-order valence-electron chi connectivity index (χ3n) is 6.51. The minimum Gasteiger partial charge on any atom is -0.406 e. The summed E-state index contributed by atoms with van der Waals surface area (Å²) in [5, 5.41) is 13.4. The second-order valence-corrected chi connectivity index (χ2v) is 11.0. The molecule has 1 fully saturated rings. The van der Waals surface area contributed by atoms with E-state index in [9.17, 15) is 26.7 Å². The first-order valence-electron chi connectivity index (χ1n) is 11.6. The van der Waals surface area contributed by atoms with Crippen LogP contribution in [0.5, 0.6) is 5.75 Å². The summed E-state index contributed by atoms with van der Waals surface area (Å²) in [6, 6.07) is 14.3. The normalized spacial score (nSPS) is 21.0. The number of aromatic nitrogens is 1. The molecular formula is C26H25F3N2O5S. The fourth-order valence-corrected chi connectivity index (χ4v) is 6.07. The Hall–Kier alpha value is -3.12. The van der Waals surface area contributed by atoms with Gasteiger partial charge in [-0.05, 0) is 62.4 Å². The number of nitrogens with one attached hydrogen (secondary N) is 1. The number of fused-ring (bicyclic) bond motifs is 3. The standard InChI is InChI=1S/C26H25F3N2O5S/c1-15-3-9-22-19(11-15)20-12-16(2)4-10-23(20)31(22)24-14-35-13-21(25(24)32)30-37(33,34)18-7-5-17(6-8-18)36-26(27,28)29/h3-12,21,24-25,30,32H,13-14H2,1-2H3/t21-,24+,25+/m1/s1. The third-order valence-corrected chi connectivity index (χ3v) is 8.02. The van der Waals surface area contributed by atoms with Crippen molar-refractivity contribution in [2.75, 3.05) is 13.2 Å². The van der Waals surface area contributed by atoms with Crippen molar-refractivity contribution in [3.8, 4) is 5.75 Å². The van der Waals surface area contributed by atoms with E-state index in [1.54, 1.807) is 0 Å². The molecule has 1 aromatic heterocycles. The molecule has 2 heterocycles. The Labute approximate surface area is 211 Å². The summed E-state index contributed by atoms with van der Waals surface area (Å²) in [6.45, 7) is 4.11. The van der Waals surface area contributed by atoms with Crippen molar-refractivity contribution < 1.29 is 36.2 Å². The first kappa shape index (κ1) is 25.5. The Morgan fingerprint density at radius 2 is 1.51 bits per heavy atom. The topological polar surface area (TPSA) is 89.8 Å². The zero-order valence-electron chi connectivity index (χ0n) is 20.0. The number of alkyl halides is 3. The van der Waals surface area contributed by atoms with Crippen LogP contribution in [0.3, 0.4) is 0 Å². The highest BCUT2D eigenvalue weighted by molar-refractivity contribution is 7.89. The molecule has 0 spiro atoms. The summed E-state index contributed by atoms with van der Waals surface area (Å²) in [5.41, 5.74) is 3.96. The van der Waals surface area contributed by atoms with Gasteiger partial charge in [-0.1, -0.05) is 23.3 Å². The van der Waals surface area contributed by atoms with Crippen molar-refractivity contribution in [3.63, 3.8) is 0 Å². The molecule has 1 saturated heterocycles. The molecule has 1 aliphatic heterocycles. The maximum atomic E-state index is 13.0. The SMILES string of the molecule is Cc1ccc2c(c1)c1cc(C)ccc1n2[C@H]1COC[C@@H](NS(=O)(=O)c2ccc(OC(F)(F)F)cc2)[C@@H]1O. The van der Waals surface area contributed by atoms with Gasteiger partial charge in [0.15, 0.2) is 0 Å². The minimum absolute atomic E-state index is 0.0679. The number of aliphatic hydroxyl groups excluding tert-OH is 1. The monoisotopic (exact) mass is 534 g/mol. The minimum atomic E-state index is -4.89. The first-order valence-corrected chi connectivity index (χ1v) is 13.1. The molecule has 0 aliphatic carbocycles. The third kappa shape index (κ3) is 5.04. The Morgan fingerprint density at radius 1 is 0.946 bits per heavy atom. The maximum Gasteiger partial charge on any atom is 0.573 e. The second-order valence-electron chi connectivity index (χ2n) is 9.25. The van der Waals surface area contributed by atoms with Crippen LogP contribution >= 0.6 is 0 Å². The van der Waals surface area contributed by atoms with E-state index in [0.717, 1.165) is 57.2 Å². The van der Waals surface area contributed by atoms with Gasteiger partial charge in [0.1, 0.15) is 5.75 Å². The highest BCUT2D eigenvalue weighted by Gasteiger charge is 2.38. The molecule has 0 amide bonds. The Kier molecular flexibility index (Phi) is 6.43. The number of ether oxygens (including phenoxy) is 2. The van der Waals surface area contributed by atoms with E-state index in [1.807, 2.05) is 42.7 Å². The quantitative estimate of drug-likeness (QED) is 0.391. The van der Waals surface area contributed by atoms with Crippen LogP contribution < -0.4 is 9.46 Å². The van der Waals surface area contributed by atoms with Crippen LogP contribution in [0.2, 0.25) is 0 Å². The van der Waals surface area contributed by atoms with Gasteiger partial charge >= 0.3 is 6.36 Å². The lowest BCUT2D eigenvalue weighted by atomic mass is 10.0. The van der Waals surface area contributed by atoms with Crippen molar-refractivity contribution in [2.24, 2.45) is 0 Å². The maximum absolute atomic E-state index is 13.0. The lowest BCUT2D eigenvalue weighted by molar-refractivity contribution is -0.274. The number of halogens is 3. The summed E-state index contributed by atoms with van der Waals surface area (Å²) >= 11 is 0. The van der Waals surface area contributed by atoms with E-state index in [-0.39, 0.29) is 18.1 Å². The lowest BCUT2D eigenvalue weighted by Crippen LogP contribution is -2.53.